The topological polar surface area (TPSA) is 104 Å². The molecule has 2 aliphatic carbocycles. The summed E-state index contributed by atoms with van der Waals surface area (Å²) in [5.74, 6) is 0.349. The molecule has 33 heavy (non-hydrogen) atoms. The van der Waals surface area contributed by atoms with Gasteiger partial charge in [-0.15, -0.1) is 0 Å². The second-order valence-corrected chi connectivity index (χ2v) is 9.68. The van der Waals surface area contributed by atoms with Gasteiger partial charge in [-0.05, 0) is 67.3 Å². The Morgan fingerprint density at radius 1 is 1.09 bits per heavy atom. The number of fused-ring (bicyclic) bond motifs is 1. The van der Waals surface area contributed by atoms with Crippen molar-refractivity contribution in [3.63, 3.8) is 0 Å². The Kier molecular flexibility index (Phi) is 4.47. The van der Waals surface area contributed by atoms with Crippen molar-refractivity contribution in [3.8, 4) is 11.1 Å². The van der Waals surface area contributed by atoms with Crippen LogP contribution >= 0.6 is 0 Å². The highest BCUT2D eigenvalue weighted by molar-refractivity contribution is 5.95. The van der Waals surface area contributed by atoms with Gasteiger partial charge in [-0.2, -0.15) is 10.2 Å². The maximum atomic E-state index is 12.8. The molecule has 7 nitrogen and oxygen atoms in total. The molecule has 7 heteroatoms. The van der Waals surface area contributed by atoms with Crippen molar-refractivity contribution in [3.05, 3.63) is 82.0 Å². The second-order valence-electron chi connectivity index (χ2n) is 9.68. The van der Waals surface area contributed by atoms with E-state index in [2.05, 4.69) is 25.7 Å². The fourth-order valence-electron chi connectivity index (χ4n) is 5.84. The van der Waals surface area contributed by atoms with E-state index >= 15 is 0 Å². The molecule has 0 bridgehead atoms. The minimum absolute atomic E-state index is 0.0131. The number of rotatable bonds is 4. The minimum Gasteiger partial charge on any atom is -0.349 e. The van der Waals surface area contributed by atoms with E-state index in [0.717, 1.165) is 53.5 Å². The Morgan fingerprint density at radius 3 is 2.61 bits per heavy atom. The average molecular weight is 440 g/mol. The highest BCUT2D eigenvalue weighted by Crippen LogP contribution is 2.62. The van der Waals surface area contributed by atoms with Crippen LogP contribution in [0.15, 0.2) is 59.7 Å². The summed E-state index contributed by atoms with van der Waals surface area (Å²) in [7, 11) is 0. The summed E-state index contributed by atoms with van der Waals surface area (Å²) in [6.07, 6.45) is 7.76. The highest BCUT2D eigenvalue weighted by atomic mass is 16.1. The summed E-state index contributed by atoms with van der Waals surface area (Å²) < 4.78 is 0. The third-order valence-electron chi connectivity index (χ3n) is 7.46. The quantitative estimate of drug-likeness (QED) is 0.446. The fourth-order valence-corrected chi connectivity index (χ4v) is 5.84. The number of hydrogen-bond acceptors (Lipinski definition) is 4. The van der Waals surface area contributed by atoms with Gasteiger partial charge in [0.25, 0.3) is 11.5 Å². The van der Waals surface area contributed by atoms with Crippen molar-refractivity contribution >= 4 is 16.7 Å². The van der Waals surface area contributed by atoms with E-state index in [1.54, 1.807) is 6.20 Å². The summed E-state index contributed by atoms with van der Waals surface area (Å²) in [6, 6.07) is 13.7. The van der Waals surface area contributed by atoms with E-state index in [1.807, 2.05) is 55.6 Å². The van der Waals surface area contributed by atoms with Crippen molar-refractivity contribution < 1.29 is 4.79 Å². The molecule has 6 rings (SSSR count). The third kappa shape index (κ3) is 3.35. The monoisotopic (exact) mass is 439 g/mol. The van der Waals surface area contributed by atoms with Crippen molar-refractivity contribution in [2.45, 2.75) is 44.6 Å². The van der Waals surface area contributed by atoms with Gasteiger partial charge in [0.2, 0.25) is 0 Å². The second kappa shape index (κ2) is 7.40. The van der Waals surface area contributed by atoms with E-state index in [1.165, 1.54) is 0 Å². The summed E-state index contributed by atoms with van der Waals surface area (Å²) in [4.78, 5) is 24.9. The predicted molar refractivity (Wildman–Crippen MR) is 126 cm³/mol. The molecule has 4 aromatic rings. The molecule has 1 spiro atoms. The zero-order valence-electron chi connectivity index (χ0n) is 18.4. The summed E-state index contributed by atoms with van der Waals surface area (Å²) >= 11 is 0. The molecule has 0 unspecified atom stereocenters. The standard InChI is InChI=1S/C26H25N5O2/c1-15-8-16(6-7-20(15)18-13-27-28-14-18)24(32)29-19-11-26(12-19)9-17(10-26)23-21-4-2-3-5-22(21)25(33)31-30-23/h2-8,13-14,17,19H,9-12H2,1H3,(H,27,28)(H,29,32)(H,31,33)/t17-,19-,26?. The maximum absolute atomic E-state index is 12.8. The number of aromatic nitrogens is 4. The van der Waals surface area contributed by atoms with Crippen molar-refractivity contribution in [1.29, 1.82) is 0 Å². The smallest absolute Gasteiger partial charge is 0.272 e. The molecule has 2 fully saturated rings. The summed E-state index contributed by atoms with van der Waals surface area (Å²) in [5.41, 5.74) is 4.99. The van der Waals surface area contributed by atoms with E-state index in [9.17, 15) is 9.59 Å². The van der Waals surface area contributed by atoms with Crippen LogP contribution in [0.5, 0.6) is 0 Å². The minimum atomic E-state index is -0.136. The van der Waals surface area contributed by atoms with Gasteiger partial charge in [-0.3, -0.25) is 14.7 Å². The first-order chi connectivity index (χ1) is 16.0. The molecular formula is C26H25N5O2. The molecule has 2 aliphatic rings. The molecular weight excluding hydrogens is 414 g/mol. The normalized spacial score (nSPS) is 23.8. The SMILES string of the molecule is Cc1cc(C(=O)N[C@H]2CC3(C2)C[C@H](c2n[nH]c(=O)c4ccccc42)C3)ccc1-c1cn[nH]c1. The number of H-pyrrole nitrogens is 2. The Bertz CT molecular complexity index is 1410. The molecule has 2 aromatic heterocycles. The summed E-state index contributed by atoms with van der Waals surface area (Å²) in [6.45, 7) is 2.01. The Labute approximate surface area is 190 Å². The highest BCUT2D eigenvalue weighted by Gasteiger charge is 2.54. The van der Waals surface area contributed by atoms with E-state index in [0.29, 0.717) is 22.3 Å². The van der Waals surface area contributed by atoms with Crippen LogP contribution in [-0.2, 0) is 0 Å². The Balaban J connectivity index is 1.08. The van der Waals surface area contributed by atoms with Crippen LogP contribution in [0.3, 0.4) is 0 Å². The predicted octanol–water partition coefficient (Wildman–Crippen LogP) is 4.08. The molecule has 0 aliphatic heterocycles. The van der Waals surface area contributed by atoms with Crippen LogP contribution < -0.4 is 10.9 Å². The lowest BCUT2D eigenvalue weighted by atomic mass is 9.49. The lowest BCUT2D eigenvalue weighted by molar-refractivity contribution is -0.0196. The van der Waals surface area contributed by atoms with Gasteiger partial charge < -0.3 is 5.32 Å². The van der Waals surface area contributed by atoms with E-state index < -0.39 is 0 Å². The number of carbonyl (C=O) groups is 1. The van der Waals surface area contributed by atoms with Gasteiger partial charge in [0.15, 0.2) is 0 Å². The van der Waals surface area contributed by atoms with Crippen molar-refractivity contribution in [2.75, 3.05) is 0 Å². The van der Waals surface area contributed by atoms with E-state index in [4.69, 9.17) is 0 Å². The lowest BCUT2D eigenvalue weighted by Crippen LogP contribution is -2.55. The van der Waals surface area contributed by atoms with Crippen LogP contribution in [0.4, 0.5) is 0 Å². The van der Waals surface area contributed by atoms with Gasteiger partial charge in [0.1, 0.15) is 0 Å². The first-order valence-corrected chi connectivity index (χ1v) is 11.4. The maximum Gasteiger partial charge on any atom is 0.272 e. The van der Waals surface area contributed by atoms with Crippen LogP contribution in [0.25, 0.3) is 21.9 Å². The molecule has 2 heterocycles. The Morgan fingerprint density at radius 2 is 1.88 bits per heavy atom. The van der Waals surface area contributed by atoms with Crippen LogP contribution in [-0.4, -0.2) is 32.3 Å². The van der Waals surface area contributed by atoms with Crippen LogP contribution in [0, 0.1) is 12.3 Å². The number of amides is 1. The largest absolute Gasteiger partial charge is 0.349 e. The molecule has 2 aromatic carbocycles. The van der Waals surface area contributed by atoms with Crippen molar-refractivity contribution in [1.82, 2.24) is 25.7 Å². The lowest BCUT2D eigenvalue weighted by Gasteiger charge is -2.57. The molecule has 166 valence electrons. The van der Waals surface area contributed by atoms with Gasteiger partial charge >= 0.3 is 0 Å². The third-order valence-corrected chi connectivity index (χ3v) is 7.46. The van der Waals surface area contributed by atoms with Crippen LogP contribution in [0.1, 0.15) is 53.2 Å². The van der Waals surface area contributed by atoms with Gasteiger partial charge in [-0.25, -0.2) is 5.10 Å². The first kappa shape index (κ1) is 19.9. The molecule has 0 saturated heterocycles. The number of aryl methyl sites for hydroxylation is 1. The van der Waals surface area contributed by atoms with Crippen molar-refractivity contribution in [2.24, 2.45) is 5.41 Å². The van der Waals surface area contributed by atoms with Gasteiger partial charge in [-0.1, -0.05) is 24.3 Å². The number of hydrogen-bond donors (Lipinski definition) is 3. The van der Waals surface area contributed by atoms with Gasteiger partial charge in [0.05, 0.1) is 17.3 Å². The summed E-state index contributed by atoms with van der Waals surface area (Å²) in [5, 5.41) is 18.7. The number of aromatic amines is 2. The molecule has 2 saturated carbocycles. The number of nitrogens with zero attached hydrogens (tertiary/aromatic N) is 2. The molecule has 0 radical (unpaired) electrons. The number of carbonyl (C=O) groups excluding carboxylic acids is 1. The van der Waals surface area contributed by atoms with E-state index in [-0.39, 0.29) is 17.5 Å². The zero-order chi connectivity index (χ0) is 22.6. The zero-order valence-corrected chi connectivity index (χ0v) is 18.4. The van der Waals surface area contributed by atoms with Gasteiger partial charge in [0, 0.05) is 34.7 Å². The average Bonchev–Trinajstić information content (AvgIpc) is 3.30. The number of nitrogens with one attached hydrogen (secondary N) is 3. The fraction of sp³-hybridized carbons (Fsp3) is 0.308. The first-order valence-electron chi connectivity index (χ1n) is 11.4. The molecule has 0 atom stereocenters. The molecule has 1 amide bonds. The molecule has 3 N–H and O–H groups in total. The Hall–Kier alpha value is -3.74. The van der Waals surface area contributed by atoms with Crippen LogP contribution in [0.2, 0.25) is 0 Å². The number of benzene rings is 2.